The lowest BCUT2D eigenvalue weighted by Gasteiger charge is -2.31. The maximum atomic E-state index is 11.9. The molecule has 0 spiro atoms. The topological polar surface area (TPSA) is 41.6 Å². The third-order valence-electron chi connectivity index (χ3n) is 3.83. The number of nitrogens with one attached hydrogen (secondary N) is 1. The van der Waals surface area contributed by atoms with Gasteiger partial charge in [0, 0.05) is 31.3 Å². The van der Waals surface area contributed by atoms with Crippen LogP contribution < -0.4 is 5.43 Å². The Balaban J connectivity index is 1.67. The van der Waals surface area contributed by atoms with Crippen LogP contribution in [0.3, 0.4) is 0 Å². The number of hydrogen-bond donors (Lipinski definition) is 1. The number of ether oxygens (including phenoxy) is 1. The van der Waals surface area contributed by atoms with Crippen molar-refractivity contribution in [1.82, 2.24) is 10.4 Å². The molecule has 1 fully saturated rings. The third-order valence-corrected chi connectivity index (χ3v) is 3.83. The van der Waals surface area contributed by atoms with E-state index < -0.39 is 0 Å². The molecule has 0 saturated carbocycles. The summed E-state index contributed by atoms with van der Waals surface area (Å²) in [5, 5.41) is 2.13. The average Bonchev–Trinajstić information content (AvgIpc) is 2.49. The monoisotopic (exact) mass is 272 g/mol. The van der Waals surface area contributed by atoms with Crippen molar-refractivity contribution in [2.75, 3.05) is 26.3 Å². The molecule has 0 aromatic heterocycles. The molecule has 3 rings (SSSR count). The van der Waals surface area contributed by atoms with Crippen molar-refractivity contribution in [3.63, 3.8) is 0 Å². The number of carbonyl (C=O) groups is 1. The van der Waals surface area contributed by atoms with Crippen LogP contribution in [0.25, 0.3) is 0 Å². The lowest BCUT2D eigenvalue weighted by Crippen LogP contribution is -2.45. The number of benzene rings is 1. The molecule has 1 heterocycles. The molecule has 0 bridgehead atoms. The lowest BCUT2D eigenvalue weighted by atomic mass is 9.85. The first-order chi connectivity index (χ1) is 9.81. The highest BCUT2D eigenvalue weighted by molar-refractivity contribution is 5.91. The molecule has 1 atom stereocenters. The summed E-state index contributed by atoms with van der Waals surface area (Å²) in [5.41, 5.74) is 5.65. The Bertz CT molecular complexity index is 492. The predicted octanol–water partition coefficient (Wildman–Crippen LogP) is 1.85. The fourth-order valence-electron chi connectivity index (χ4n) is 2.81. The summed E-state index contributed by atoms with van der Waals surface area (Å²) in [7, 11) is 0. The van der Waals surface area contributed by atoms with E-state index in [4.69, 9.17) is 4.74 Å². The van der Waals surface area contributed by atoms with Crippen LogP contribution in [0.4, 0.5) is 0 Å². The van der Waals surface area contributed by atoms with Gasteiger partial charge in [0.2, 0.25) is 0 Å². The number of morpholine rings is 1. The molecule has 1 aromatic carbocycles. The van der Waals surface area contributed by atoms with Gasteiger partial charge in [0.15, 0.2) is 5.78 Å². The minimum atomic E-state index is 0.209. The number of rotatable bonds is 3. The molecule has 0 amide bonds. The Labute approximate surface area is 119 Å². The van der Waals surface area contributed by atoms with Crippen LogP contribution in [-0.2, 0) is 9.53 Å². The van der Waals surface area contributed by atoms with Gasteiger partial charge in [-0.25, -0.2) is 5.01 Å². The molecule has 1 unspecified atom stereocenters. The summed E-state index contributed by atoms with van der Waals surface area (Å²) in [5.74, 6) is 0.498. The minimum absolute atomic E-state index is 0.209. The predicted molar refractivity (Wildman–Crippen MR) is 77.0 cm³/mol. The van der Waals surface area contributed by atoms with Crippen LogP contribution in [0.1, 0.15) is 24.3 Å². The number of nitrogens with zero attached hydrogens (tertiary/aromatic N) is 1. The second kappa shape index (κ2) is 6.20. The molecule has 106 valence electrons. The van der Waals surface area contributed by atoms with E-state index >= 15 is 0 Å². The van der Waals surface area contributed by atoms with Gasteiger partial charge < -0.3 is 10.2 Å². The Hall–Kier alpha value is -1.65. The largest absolute Gasteiger partial charge is 0.379 e. The molecule has 1 aromatic rings. The van der Waals surface area contributed by atoms with Gasteiger partial charge in [-0.15, -0.1) is 0 Å². The molecule has 2 aliphatic rings. The quantitative estimate of drug-likeness (QED) is 0.912. The standard InChI is InChI=1S/C16H20N2O2/c19-16-11-14(13-4-2-1-3-5-13)10-15(12-16)17-18-6-8-20-9-7-18/h1-5,12,14,17H,6-11H2. The summed E-state index contributed by atoms with van der Waals surface area (Å²) >= 11 is 0. The van der Waals surface area contributed by atoms with Crippen molar-refractivity contribution < 1.29 is 9.53 Å². The van der Waals surface area contributed by atoms with Crippen LogP contribution in [0.2, 0.25) is 0 Å². The highest BCUT2D eigenvalue weighted by Crippen LogP contribution is 2.30. The zero-order chi connectivity index (χ0) is 13.8. The second-order valence-electron chi connectivity index (χ2n) is 5.36. The van der Waals surface area contributed by atoms with Gasteiger partial charge in [0.1, 0.15) is 0 Å². The lowest BCUT2D eigenvalue weighted by molar-refractivity contribution is -0.115. The summed E-state index contributed by atoms with van der Waals surface area (Å²) < 4.78 is 5.33. The Morgan fingerprint density at radius 3 is 2.60 bits per heavy atom. The molecule has 1 saturated heterocycles. The minimum Gasteiger partial charge on any atom is -0.379 e. The van der Waals surface area contributed by atoms with E-state index in [9.17, 15) is 4.79 Å². The fourth-order valence-corrected chi connectivity index (χ4v) is 2.81. The van der Waals surface area contributed by atoms with Gasteiger partial charge in [0.25, 0.3) is 0 Å². The maximum absolute atomic E-state index is 11.9. The fraction of sp³-hybridized carbons (Fsp3) is 0.438. The van der Waals surface area contributed by atoms with E-state index in [1.165, 1.54) is 5.56 Å². The number of hydrazine groups is 1. The van der Waals surface area contributed by atoms with Crippen molar-refractivity contribution in [2.24, 2.45) is 0 Å². The van der Waals surface area contributed by atoms with Gasteiger partial charge in [-0.1, -0.05) is 30.3 Å². The smallest absolute Gasteiger partial charge is 0.158 e. The summed E-state index contributed by atoms with van der Waals surface area (Å²) in [4.78, 5) is 11.9. The first-order valence-corrected chi connectivity index (χ1v) is 7.19. The van der Waals surface area contributed by atoms with Crippen LogP contribution in [0.15, 0.2) is 42.1 Å². The van der Waals surface area contributed by atoms with Gasteiger partial charge in [0.05, 0.1) is 13.2 Å². The molecule has 4 nitrogen and oxygen atoms in total. The van der Waals surface area contributed by atoms with Gasteiger partial charge >= 0.3 is 0 Å². The Morgan fingerprint density at radius 2 is 1.85 bits per heavy atom. The van der Waals surface area contributed by atoms with Gasteiger partial charge in [-0.3, -0.25) is 4.79 Å². The van der Waals surface area contributed by atoms with Crippen LogP contribution in [0.5, 0.6) is 0 Å². The van der Waals surface area contributed by atoms with E-state index in [1.807, 2.05) is 18.2 Å². The Morgan fingerprint density at radius 1 is 1.10 bits per heavy atom. The molecular formula is C16H20N2O2. The molecule has 1 N–H and O–H groups in total. The zero-order valence-electron chi connectivity index (χ0n) is 11.5. The SMILES string of the molecule is O=C1C=C(NN2CCOCC2)CC(c2ccccc2)C1. The first kappa shape index (κ1) is 13.3. The highest BCUT2D eigenvalue weighted by Gasteiger charge is 2.23. The van der Waals surface area contributed by atoms with E-state index in [1.54, 1.807) is 6.08 Å². The average molecular weight is 272 g/mol. The Kier molecular flexibility index (Phi) is 4.14. The van der Waals surface area contributed by atoms with Crippen LogP contribution >= 0.6 is 0 Å². The summed E-state index contributed by atoms with van der Waals surface area (Å²) in [6.07, 6.45) is 3.26. The van der Waals surface area contributed by atoms with Crippen molar-refractivity contribution in [1.29, 1.82) is 0 Å². The van der Waals surface area contributed by atoms with E-state index in [2.05, 4.69) is 22.6 Å². The molecule has 1 aliphatic carbocycles. The van der Waals surface area contributed by atoms with Crippen LogP contribution in [-0.4, -0.2) is 37.1 Å². The number of allylic oxidation sites excluding steroid dienone is 2. The number of ketones is 1. The summed E-state index contributed by atoms with van der Waals surface area (Å²) in [6, 6.07) is 10.3. The second-order valence-corrected chi connectivity index (χ2v) is 5.36. The molecule has 20 heavy (non-hydrogen) atoms. The van der Waals surface area contributed by atoms with Gasteiger partial charge in [-0.05, 0) is 17.9 Å². The molecule has 4 heteroatoms. The molecule has 0 radical (unpaired) electrons. The molecule has 1 aliphatic heterocycles. The number of carbonyl (C=O) groups excluding carboxylic acids is 1. The number of hydrogen-bond acceptors (Lipinski definition) is 4. The van der Waals surface area contributed by atoms with E-state index in [0.29, 0.717) is 6.42 Å². The highest BCUT2D eigenvalue weighted by atomic mass is 16.5. The molecular weight excluding hydrogens is 252 g/mol. The van der Waals surface area contributed by atoms with E-state index in [-0.39, 0.29) is 11.7 Å². The normalized spacial score (nSPS) is 24.3. The van der Waals surface area contributed by atoms with Crippen molar-refractivity contribution in [3.05, 3.63) is 47.7 Å². The third kappa shape index (κ3) is 3.26. The van der Waals surface area contributed by atoms with Crippen molar-refractivity contribution in [2.45, 2.75) is 18.8 Å². The van der Waals surface area contributed by atoms with Crippen molar-refractivity contribution >= 4 is 5.78 Å². The first-order valence-electron chi connectivity index (χ1n) is 7.19. The maximum Gasteiger partial charge on any atom is 0.158 e. The van der Waals surface area contributed by atoms with Crippen LogP contribution in [0, 0.1) is 0 Å². The summed E-state index contributed by atoms with van der Waals surface area (Å²) in [6.45, 7) is 3.22. The van der Waals surface area contributed by atoms with Gasteiger partial charge in [-0.2, -0.15) is 0 Å². The zero-order valence-corrected chi connectivity index (χ0v) is 11.5. The van der Waals surface area contributed by atoms with Crippen molar-refractivity contribution in [3.8, 4) is 0 Å². The van der Waals surface area contributed by atoms with E-state index in [0.717, 1.165) is 38.4 Å².